The van der Waals surface area contributed by atoms with Crippen molar-refractivity contribution >= 4 is 17.5 Å². The van der Waals surface area contributed by atoms with E-state index in [0.29, 0.717) is 28.3 Å². The van der Waals surface area contributed by atoms with E-state index in [0.717, 1.165) is 11.6 Å². The zero-order valence-electron chi connectivity index (χ0n) is 21.1. The van der Waals surface area contributed by atoms with E-state index in [9.17, 15) is 9.18 Å². The molecular formula is C25H27FN8O5. The minimum atomic E-state index is -0.833. The average molecular weight is 539 g/mol. The number of hydrogen-bond donors (Lipinski definition) is 5. The van der Waals surface area contributed by atoms with Gasteiger partial charge in [0.1, 0.15) is 36.7 Å². The number of ether oxygens (including phenoxy) is 2. The van der Waals surface area contributed by atoms with Crippen molar-refractivity contribution in [2.75, 3.05) is 25.7 Å². The third-order valence-corrected chi connectivity index (χ3v) is 5.01. The Balaban J connectivity index is 0.000000983. The smallest absolute Gasteiger partial charge is 0.349 e. The molecule has 0 amide bonds. The van der Waals surface area contributed by atoms with Crippen molar-refractivity contribution in [3.8, 4) is 17.3 Å². The number of benzene rings is 2. The van der Waals surface area contributed by atoms with Crippen molar-refractivity contribution < 1.29 is 23.8 Å². The molecule has 6 N–H and O–H groups in total. The third kappa shape index (κ3) is 7.85. The molecule has 0 aliphatic carbocycles. The summed E-state index contributed by atoms with van der Waals surface area (Å²) in [5.74, 6) is 0.517. The molecule has 0 fully saturated rings. The highest BCUT2D eigenvalue weighted by Gasteiger charge is 2.22. The van der Waals surface area contributed by atoms with Gasteiger partial charge in [-0.1, -0.05) is 0 Å². The van der Waals surface area contributed by atoms with Crippen LogP contribution < -0.4 is 26.2 Å². The number of carboxylic acids is 1. The Morgan fingerprint density at radius 1 is 1.23 bits per heavy atom. The van der Waals surface area contributed by atoms with Crippen LogP contribution in [0.5, 0.6) is 11.5 Å². The third-order valence-electron chi connectivity index (χ3n) is 5.01. The number of H-pyrrole nitrogens is 1. The van der Waals surface area contributed by atoms with E-state index >= 15 is 0 Å². The first-order valence-electron chi connectivity index (χ1n) is 11.5. The van der Waals surface area contributed by atoms with Crippen molar-refractivity contribution in [2.45, 2.75) is 13.0 Å². The highest BCUT2D eigenvalue weighted by atomic mass is 19.1. The lowest BCUT2D eigenvalue weighted by Crippen LogP contribution is -2.17. The molecule has 2 heterocycles. The van der Waals surface area contributed by atoms with Gasteiger partial charge < -0.3 is 25.6 Å². The monoisotopic (exact) mass is 538 g/mol. The van der Waals surface area contributed by atoms with Gasteiger partial charge in [0, 0.05) is 30.4 Å². The molecule has 0 aliphatic rings. The van der Waals surface area contributed by atoms with Crippen molar-refractivity contribution in [3.63, 3.8) is 0 Å². The number of nitrogens with one attached hydrogen (secondary N) is 3. The van der Waals surface area contributed by atoms with Crippen LogP contribution in [-0.2, 0) is 4.79 Å². The maximum atomic E-state index is 12.7. The van der Waals surface area contributed by atoms with Gasteiger partial charge in [0.25, 0.3) is 5.97 Å². The molecule has 2 aromatic carbocycles. The van der Waals surface area contributed by atoms with E-state index in [1.807, 2.05) is 0 Å². The number of methoxy groups -OCH3 is 1. The summed E-state index contributed by atoms with van der Waals surface area (Å²) in [6.07, 6.45) is 1.49. The zero-order valence-corrected chi connectivity index (χ0v) is 21.1. The second kappa shape index (κ2) is 13.3. The summed E-state index contributed by atoms with van der Waals surface area (Å²) in [5, 5.41) is 30.5. The summed E-state index contributed by atoms with van der Waals surface area (Å²) < 4.78 is 24.7. The number of hydrogen-bond acceptors (Lipinski definition) is 9. The number of alkyl halides is 1. The number of nitrogen functional groups attached to an aromatic ring is 1. The van der Waals surface area contributed by atoms with Crippen molar-refractivity contribution in [2.24, 2.45) is 5.73 Å². The minimum Gasteiger partial charge on any atom is -0.497 e. The Labute approximate surface area is 221 Å². The standard InChI is InChI=1S/C23H23FN8O3.C2H4O2/c1-34-17-11-15(12-18(13-17)35-10-8-24)20(28-16-6-4-14(5-7-16)21(25)26)22-29-23(33)32(31-22)19-3-2-9-27-30-19;1-2(3)4/h2-7,9,11-13,20,28H,8,10H2,1H3,(H3,25,26)(H,29,31,33);1H3,(H,3,4). The summed E-state index contributed by atoms with van der Waals surface area (Å²) in [6, 6.07) is 14.6. The Bertz CT molecular complexity index is 1450. The number of nitrogens with zero attached hydrogens (tertiary/aromatic N) is 4. The summed E-state index contributed by atoms with van der Waals surface area (Å²) in [7, 11) is 1.51. The molecule has 39 heavy (non-hydrogen) atoms. The Morgan fingerprint density at radius 2 is 1.92 bits per heavy atom. The number of halogens is 1. The van der Waals surface area contributed by atoms with Gasteiger partial charge in [-0.2, -0.15) is 9.78 Å². The van der Waals surface area contributed by atoms with Gasteiger partial charge in [-0.25, -0.2) is 9.18 Å². The van der Waals surface area contributed by atoms with Crippen LogP contribution in [0.25, 0.3) is 5.82 Å². The summed E-state index contributed by atoms with van der Waals surface area (Å²) in [4.78, 5) is 24.5. The molecule has 0 spiro atoms. The average Bonchev–Trinajstić information content (AvgIpc) is 3.31. The number of nitrogens with two attached hydrogens (primary N) is 1. The van der Waals surface area contributed by atoms with Crippen molar-refractivity contribution in [1.29, 1.82) is 5.41 Å². The Morgan fingerprint density at radius 3 is 2.51 bits per heavy atom. The van der Waals surface area contributed by atoms with Gasteiger partial charge in [0.15, 0.2) is 11.6 Å². The van der Waals surface area contributed by atoms with E-state index in [1.54, 1.807) is 54.6 Å². The molecule has 1 unspecified atom stereocenters. The highest BCUT2D eigenvalue weighted by molar-refractivity contribution is 5.95. The fraction of sp³-hybridized carbons (Fsp3) is 0.200. The number of carboxylic acid groups (broad SMARTS) is 1. The molecule has 1 atom stereocenters. The number of aromatic amines is 1. The SMILES string of the molecule is CC(=O)O.COc1cc(OCCF)cc(C(Nc2ccc(C(=N)N)cc2)c2nn(-c3cccnn3)c(=O)[nH]2)c1. The maximum Gasteiger partial charge on any atom is 0.349 e. The lowest BCUT2D eigenvalue weighted by Gasteiger charge is -2.20. The number of anilines is 1. The first kappa shape index (κ1) is 28.3. The van der Waals surface area contributed by atoms with E-state index in [4.69, 9.17) is 30.5 Å². The first-order chi connectivity index (χ1) is 18.7. The van der Waals surface area contributed by atoms with Gasteiger partial charge in [0.2, 0.25) is 0 Å². The second-order valence-corrected chi connectivity index (χ2v) is 7.88. The Hall–Kier alpha value is -5.27. The van der Waals surface area contributed by atoms with Gasteiger partial charge in [-0.05, 0) is 54.1 Å². The van der Waals surface area contributed by atoms with Crippen LogP contribution in [0.1, 0.15) is 29.9 Å². The molecule has 14 heteroatoms. The molecule has 4 rings (SSSR count). The zero-order chi connectivity index (χ0) is 28.4. The maximum absolute atomic E-state index is 12.7. The fourth-order valence-electron chi connectivity index (χ4n) is 3.37. The predicted octanol–water partition coefficient (Wildman–Crippen LogP) is 2.28. The molecule has 13 nitrogen and oxygen atoms in total. The van der Waals surface area contributed by atoms with Crippen LogP contribution >= 0.6 is 0 Å². The van der Waals surface area contributed by atoms with Crippen LogP contribution in [-0.4, -0.2) is 62.3 Å². The number of aromatic nitrogens is 5. The van der Waals surface area contributed by atoms with Crippen LogP contribution in [0.2, 0.25) is 0 Å². The van der Waals surface area contributed by atoms with Crippen LogP contribution in [0, 0.1) is 5.41 Å². The van der Waals surface area contributed by atoms with E-state index < -0.39 is 24.4 Å². The van der Waals surface area contributed by atoms with Crippen molar-refractivity contribution in [1.82, 2.24) is 25.0 Å². The molecule has 0 saturated heterocycles. The quantitative estimate of drug-likeness (QED) is 0.148. The van der Waals surface area contributed by atoms with Crippen LogP contribution in [0.15, 0.2) is 65.6 Å². The van der Waals surface area contributed by atoms with Gasteiger partial charge in [-0.15, -0.1) is 10.2 Å². The number of carbonyl (C=O) groups is 1. The van der Waals surface area contributed by atoms with Crippen molar-refractivity contribution in [3.05, 3.63) is 88.2 Å². The van der Waals surface area contributed by atoms with Gasteiger partial charge in [-0.3, -0.25) is 15.2 Å². The summed E-state index contributed by atoms with van der Waals surface area (Å²) in [6.45, 7) is 0.321. The van der Waals surface area contributed by atoms with E-state index in [-0.39, 0.29) is 24.1 Å². The normalized spacial score (nSPS) is 11.1. The van der Waals surface area contributed by atoms with Gasteiger partial charge >= 0.3 is 5.69 Å². The Kier molecular flexibility index (Phi) is 9.67. The van der Waals surface area contributed by atoms with E-state index in [2.05, 4.69) is 25.6 Å². The highest BCUT2D eigenvalue weighted by Crippen LogP contribution is 2.31. The lowest BCUT2D eigenvalue weighted by atomic mass is 10.0. The molecule has 0 radical (unpaired) electrons. The first-order valence-corrected chi connectivity index (χ1v) is 11.5. The lowest BCUT2D eigenvalue weighted by molar-refractivity contribution is -0.134. The number of rotatable bonds is 10. The molecule has 0 bridgehead atoms. The van der Waals surface area contributed by atoms with Crippen LogP contribution in [0.3, 0.4) is 0 Å². The second-order valence-electron chi connectivity index (χ2n) is 7.88. The number of amidine groups is 1. The largest absolute Gasteiger partial charge is 0.497 e. The number of aliphatic carboxylic acids is 1. The molecule has 0 saturated carbocycles. The molecule has 4 aromatic rings. The minimum absolute atomic E-state index is 0.0532. The topological polar surface area (TPSA) is 194 Å². The summed E-state index contributed by atoms with van der Waals surface area (Å²) in [5.41, 5.74) is 6.92. The molecular weight excluding hydrogens is 511 g/mol. The summed E-state index contributed by atoms with van der Waals surface area (Å²) >= 11 is 0. The molecule has 204 valence electrons. The van der Waals surface area contributed by atoms with Crippen LogP contribution in [0.4, 0.5) is 10.1 Å². The fourth-order valence-corrected chi connectivity index (χ4v) is 3.37. The predicted molar refractivity (Wildman–Crippen MR) is 140 cm³/mol. The van der Waals surface area contributed by atoms with E-state index in [1.165, 1.54) is 13.3 Å². The molecule has 0 aliphatic heterocycles. The molecule has 2 aromatic heterocycles. The van der Waals surface area contributed by atoms with Gasteiger partial charge in [0.05, 0.1) is 7.11 Å².